The normalized spacial score (nSPS) is 13.6. The van der Waals surface area contributed by atoms with Crippen LogP contribution in [-0.4, -0.2) is 16.1 Å². The predicted molar refractivity (Wildman–Crippen MR) is 43.8 cm³/mol. The van der Waals surface area contributed by atoms with Crippen LogP contribution in [0, 0.1) is 0 Å². The quantitative estimate of drug-likeness (QED) is 0.784. The summed E-state index contributed by atoms with van der Waals surface area (Å²) in [4.78, 5) is 13.8. The van der Waals surface area contributed by atoms with Gasteiger partial charge in [-0.15, -0.1) is 0 Å². The second-order valence-corrected chi connectivity index (χ2v) is 2.75. The molecule has 0 aromatic carbocycles. The molecule has 0 aliphatic heterocycles. The Morgan fingerprint density at radius 2 is 2.13 bits per heavy atom. The molecule has 0 bridgehead atoms. The fraction of sp³-hybridized carbons (Fsp3) is 0.250. The summed E-state index contributed by atoms with van der Waals surface area (Å²) >= 11 is 0. The lowest BCUT2D eigenvalue weighted by Gasteiger charge is -2.13. The summed E-state index contributed by atoms with van der Waals surface area (Å²) in [5, 5.41) is 8.49. The van der Waals surface area contributed by atoms with Crippen molar-refractivity contribution in [1.29, 1.82) is 0 Å². The first-order valence-corrected chi connectivity index (χ1v) is 3.84. The van der Waals surface area contributed by atoms with Gasteiger partial charge in [0.1, 0.15) is 6.04 Å². The van der Waals surface area contributed by atoms with E-state index in [1.807, 2.05) is 0 Å². The molecule has 1 aromatic rings. The van der Waals surface area contributed by atoms with Gasteiger partial charge in [-0.2, -0.15) is 13.2 Å². The summed E-state index contributed by atoms with van der Waals surface area (Å²) in [7, 11) is 0. The Labute approximate surface area is 82.5 Å². The monoisotopic (exact) mass is 220 g/mol. The molecule has 0 saturated heterocycles. The number of aromatic nitrogens is 1. The maximum atomic E-state index is 12.4. The van der Waals surface area contributed by atoms with Crippen molar-refractivity contribution in [2.45, 2.75) is 12.2 Å². The van der Waals surface area contributed by atoms with E-state index in [0.29, 0.717) is 0 Å². The lowest BCUT2D eigenvalue weighted by atomic mass is 10.1. The van der Waals surface area contributed by atoms with E-state index >= 15 is 0 Å². The number of carboxylic acid groups (broad SMARTS) is 1. The van der Waals surface area contributed by atoms with Crippen molar-refractivity contribution in [2.75, 3.05) is 0 Å². The van der Waals surface area contributed by atoms with Crippen LogP contribution in [0.25, 0.3) is 0 Å². The minimum atomic E-state index is -4.66. The standard InChI is InChI=1S/C8H7F3N2O2/c9-8(10,11)4-2-1-3-13-6(4)5(12)7(14)15/h1-3,5H,12H2,(H,14,15). The molecule has 0 aliphatic carbocycles. The van der Waals surface area contributed by atoms with E-state index in [2.05, 4.69) is 4.98 Å². The van der Waals surface area contributed by atoms with Gasteiger partial charge in [-0.05, 0) is 12.1 Å². The van der Waals surface area contributed by atoms with Crippen LogP contribution in [0.1, 0.15) is 17.3 Å². The van der Waals surface area contributed by atoms with Gasteiger partial charge in [-0.1, -0.05) is 0 Å². The van der Waals surface area contributed by atoms with Crippen LogP contribution in [0.5, 0.6) is 0 Å². The Morgan fingerprint density at radius 1 is 1.53 bits per heavy atom. The lowest BCUT2D eigenvalue weighted by molar-refractivity contribution is -0.141. The summed E-state index contributed by atoms with van der Waals surface area (Å²) in [6.07, 6.45) is -3.59. The molecule has 3 N–H and O–H groups in total. The lowest BCUT2D eigenvalue weighted by Crippen LogP contribution is -2.25. The summed E-state index contributed by atoms with van der Waals surface area (Å²) in [6, 6.07) is 0.0364. The summed E-state index contributed by atoms with van der Waals surface area (Å²) in [5.41, 5.74) is 3.27. The Bertz CT molecular complexity index is 378. The second kappa shape index (κ2) is 3.85. The molecule has 0 radical (unpaired) electrons. The molecule has 4 nitrogen and oxygen atoms in total. The third kappa shape index (κ3) is 2.44. The molecule has 0 aliphatic rings. The Balaban J connectivity index is 3.24. The molecular weight excluding hydrogens is 213 g/mol. The topological polar surface area (TPSA) is 76.2 Å². The van der Waals surface area contributed by atoms with E-state index in [0.717, 1.165) is 18.3 Å². The van der Waals surface area contributed by atoms with E-state index in [1.165, 1.54) is 0 Å². The molecular formula is C8H7F3N2O2. The van der Waals surface area contributed by atoms with E-state index in [-0.39, 0.29) is 0 Å². The molecule has 1 atom stereocenters. The van der Waals surface area contributed by atoms with Gasteiger partial charge in [0.2, 0.25) is 0 Å². The zero-order valence-corrected chi connectivity index (χ0v) is 7.32. The molecule has 1 aromatic heterocycles. The van der Waals surface area contributed by atoms with Crippen LogP contribution in [0.4, 0.5) is 13.2 Å². The second-order valence-electron chi connectivity index (χ2n) is 2.75. The van der Waals surface area contributed by atoms with Crippen LogP contribution >= 0.6 is 0 Å². The van der Waals surface area contributed by atoms with E-state index in [9.17, 15) is 18.0 Å². The molecule has 82 valence electrons. The molecule has 0 spiro atoms. The average Bonchev–Trinajstić information content (AvgIpc) is 2.15. The van der Waals surface area contributed by atoms with Crippen LogP contribution in [0.3, 0.4) is 0 Å². The highest BCUT2D eigenvalue weighted by atomic mass is 19.4. The fourth-order valence-corrected chi connectivity index (χ4v) is 1.02. The Morgan fingerprint density at radius 3 is 2.60 bits per heavy atom. The predicted octanol–water partition coefficient (Wildman–Crippen LogP) is 1.18. The minimum Gasteiger partial charge on any atom is -0.480 e. The third-order valence-electron chi connectivity index (χ3n) is 1.70. The van der Waals surface area contributed by atoms with Crippen molar-refractivity contribution >= 4 is 5.97 Å². The number of hydrogen-bond donors (Lipinski definition) is 2. The number of hydrogen-bond acceptors (Lipinski definition) is 3. The number of aliphatic carboxylic acids is 1. The van der Waals surface area contributed by atoms with Crippen molar-refractivity contribution in [3.05, 3.63) is 29.6 Å². The van der Waals surface area contributed by atoms with Crippen LogP contribution < -0.4 is 5.73 Å². The number of pyridine rings is 1. The molecule has 0 amide bonds. The maximum Gasteiger partial charge on any atom is 0.418 e. The first kappa shape index (κ1) is 11.4. The SMILES string of the molecule is NC(C(=O)O)c1ncccc1C(F)(F)F. The number of halogens is 3. The third-order valence-corrected chi connectivity index (χ3v) is 1.70. The van der Waals surface area contributed by atoms with Gasteiger partial charge >= 0.3 is 12.1 Å². The maximum absolute atomic E-state index is 12.4. The van der Waals surface area contributed by atoms with Crippen molar-refractivity contribution in [2.24, 2.45) is 5.73 Å². The molecule has 0 fully saturated rings. The Kier molecular flexibility index (Phi) is 2.94. The zero-order chi connectivity index (χ0) is 11.6. The summed E-state index contributed by atoms with van der Waals surface area (Å²) in [5.74, 6) is -1.56. The van der Waals surface area contributed by atoms with Crippen molar-refractivity contribution in [3.8, 4) is 0 Å². The number of carboxylic acids is 1. The first-order valence-electron chi connectivity index (χ1n) is 3.84. The molecule has 1 rings (SSSR count). The smallest absolute Gasteiger partial charge is 0.418 e. The molecule has 0 saturated carbocycles. The van der Waals surface area contributed by atoms with Crippen LogP contribution in [0.15, 0.2) is 18.3 Å². The highest BCUT2D eigenvalue weighted by molar-refractivity contribution is 5.75. The molecule has 1 heterocycles. The number of nitrogens with two attached hydrogens (primary N) is 1. The van der Waals surface area contributed by atoms with Gasteiger partial charge in [-0.25, -0.2) is 0 Å². The van der Waals surface area contributed by atoms with Gasteiger partial charge in [0.25, 0.3) is 0 Å². The van der Waals surface area contributed by atoms with Crippen LogP contribution in [-0.2, 0) is 11.0 Å². The molecule has 15 heavy (non-hydrogen) atoms. The van der Waals surface area contributed by atoms with E-state index in [4.69, 9.17) is 10.8 Å². The summed E-state index contributed by atoms with van der Waals surface area (Å²) in [6.45, 7) is 0. The zero-order valence-electron chi connectivity index (χ0n) is 7.32. The first-order chi connectivity index (χ1) is 6.84. The molecule has 1 unspecified atom stereocenters. The van der Waals surface area contributed by atoms with Crippen molar-refractivity contribution in [1.82, 2.24) is 4.98 Å². The van der Waals surface area contributed by atoms with Gasteiger partial charge in [0, 0.05) is 6.20 Å². The highest BCUT2D eigenvalue weighted by Crippen LogP contribution is 2.32. The number of rotatable bonds is 2. The number of alkyl halides is 3. The molecule has 7 heteroatoms. The Hall–Kier alpha value is -1.63. The average molecular weight is 220 g/mol. The van der Waals surface area contributed by atoms with Crippen molar-refractivity contribution < 1.29 is 23.1 Å². The minimum absolute atomic E-state index is 0.683. The largest absolute Gasteiger partial charge is 0.480 e. The summed E-state index contributed by atoms with van der Waals surface area (Å²) < 4.78 is 37.2. The van der Waals surface area contributed by atoms with Gasteiger partial charge in [0.15, 0.2) is 0 Å². The number of carbonyl (C=O) groups is 1. The van der Waals surface area contributed by atoms with Gasteiger partial charge < -0.3 is 10.8 Å². The number of nitrogens with zero attached hydrogens (tertiary/aromatic N) is 1. The van der Waals surface area contributed by atoms with Crippen molar-refractivity contribution in [3.63, 3.8) is 0 Å². The van der Waals surface area contributed by atoms with E-state index < -0.39 is 29.4 Å². The van der Waals surface area contributed by atoms with Crippen LogP contribution in [0.2, 0.25) is 0 Å². The fourth-order valence-electron chi connectivity index (χ4n) is 1.02. The highest BCUT2D eigenvalue weighted by Gasteiger charge is 2.36. The van der Waals surface area contributed by atoms with E-state index in [1.54, 1.807) is 0 Å². The van der Waals surface area contributed by atoms with Gasteiger partial charge in [0.05, 0.1) is 11.3 Å². The van der Waals surface area contributed by atoms with Gasteiger partial charge in [-0.3, -0.25) is 9.78 Å².